The Morgan fingerprint density at radius 2 is 0.656 bits per heavy atom. The van der Waals surface area contributed by atoms with Crippen LogP contribution >= 0.6 is 0 Å². The minimum absolute atomic E-state index is 0.113. The zero-order chi connectivity index (χ0) is 44.4. The van der Waals surface area contributed by atoms with Crippen LogP contribution < -0.4 is 0 Å². The van der Waals surface area contributed by atoms with Crippen molar-refractivity contribution >= 4 is 17.9 Å². The van der Waals surface area contributed by atoms with Gasteiger partial charge in [0.25, 0.3) is 0 Å². The van der Waals surface area contributed by atoms with Crippen molar-refractivity contribution in [2.24, 2.45) is 0 Å². The summed E-state index contributed by atoms with van der Waals surface area (Å²) in [5.74, 6) is -1.03. The second kappa shape index (κ2) is 48.7. The van der Waals surface area contributed by atoms with Crippen LogP contribution in [0.3, 0.4) is 0 Å². The van der Waals surface area contributed by atoms with E-state index in [9.17, 15) is 14.4 Å². The SMILES string of the molecule is CC/C=C\C/C=C\C/C=C\C/C=C\C/C=C\CCCC(=O)OCC(COC(=O)CCCCCCCCCCCCC)OC(=O)CCCC/C=C\C/C=C\C/C=C\C/C=C\CC. The van der Waals surface area contributed by atoms with E-state index in [4.69, 9.17) is 14.2 Å². The van der Waals surface area contributed by atoms with Gasteiger partial charge < -0.3 is 14.2 Å². The molecule has 0 aliphatic heterocycles. The van der Waals surface area contributed by atoms with Crippen LogP contribution in [-0.4, -0.2) is 37.2 Å². The quantitative estimate of drug-likeness (QED) is 0.0264. The largest absolute Gasteiger partial charge is 0.462 e. The van der Waals surface area contributed by atoms with E-state index in [0.717, 1.165) is 96.3 Å². The highest BCUT2D eigenvalue weighted by atomic mass is 16.6. The Balaban J connectivity index is 4.56. The maximum absolute atomic E-state index is 12.7. The van der Waals surface area contributed by atoms with Gasteiger partial charge in [-0.15, -0.1) is 0 Å². The van der Waals surface area contributed by atoms with E-state index in [0.29, 0.717) is 19.3 Å². The van der Waals surface area contributed by atoms with E-state index in [2.05, 4.69) is 130 Å². The molecule has 344 valence electrons. The summed E-state index contributed by atoms with van der Waals surface area (Å²) in [6.45, 7) is 6.29. The Labute approximate surface area is 374 Å². The van der Waals surface area contributed by atoms with Gasteiger partial charge in [0.15, 0.2) is 6.10 Å². The first-order valence-electron chi connectivity index (χ1n) is 24.4. The van der Waals surface area contributed by atoms with Crippen molar-refractivity contribution in [2.45, 2.75) is 207 Å². The molecule has 0 heterocycles. The Bertz CT molecular complexity index is 1290. The molecule has 0 amide bonds. The smallest absolute Gasteiger partial charge is 0.306 e. The monoisotopic (exact) mass is 845 g/mol. The zero-order valence-electron chi connectivity index (χ0n) is 39.1. The third-order valence-corrected chi connectivity index (χ3v) is 9.77. The van der Waals surface area contributed by atoms with Crippen LogP contribution in [0.1, 0.15) is 201 Å². The van der Waals surface area contributed by atoms with Crippen molar-refractivity contribution in [3.63, 3.8) is 0 Å². The fraction of sp³-hybridized carbons (Fsp3) is 0.618. The standard InChI is InChI=1S/C55H88O6/c1-4-7-10-13-16-19-22-24-26-27-29-30-33-36-39-42-45-48-54(57)60-51-52(50-59-53(56)47-44-41-38-35-32-21-18-15-12-9-6-3)61-55(58)49-46-43-40-37-34-31-28-25-23-20-17-14-11-8-5-2/h7-8,10-11,16-17,19-20,24-26,28-30,34,36-37,39,52H,4-6,9,12-15,18,21-23,27,31-33,35,38,40-51H2,1-3H3/b10-7-,11-8-,19-16-,20-17-,26-24-,28-25-,30-29-,37-34-,39-36-. The van der Waals surface area contributed by atoms with Gasteiger partial charge in [-0.3, -0.25) is 14.4 Å². The topological polar surface area (TPSA) is 78.9 Å². The number of hydrogen-bond acceptors (Lipinski definition) is 6. The average Bonchev–Trinajstić information content (AvgIpc) is 3.26. The highest BCUT2D eigenvalue weighted by Crippen LogP contribution is 2.13. The number of allylic oxidation sites excluding steroid dienone is 18. The number of rotatable bonds is 42. The summed E-state index contributed by atoms with van der Waals surface area (Å²) < 4.78 is 16.7. The highest BCUT2D eigenvalue weighted by Gasteiger charge is 2.19. The second-order valence-corrected chi connectivity index (χ2v) is 15.6. The van der Waals surface area contributed by atoms with Crippen molar-refractivity contribution in [2.75, 3.05) is 13.2 Å². The zero-order valence-corrected chi connectivity index (χ0v) is 39.1. The molecule has 0 bridgehead atoms. The van der Waals surface area contributed by atoms with Gasteiger partial charge in [0.1, 0.15) is 13.2 Å². The first kappa shape index (κ1) is 57.1. The lowest BCUT2D eigenvalue weighted by molar-refractivity contribution is -0.167. The van der Waals surface area contributed by atoms with Crippen LogP contribution in [0, 0.1) is 0 Å². The Morgan fingerprint density at radius 3 is 1.07 bits per heavy atom. The molecule has 1 unspecified atom stereocenters. The van der Waals surface area contributed by atoms with E-state index < -0.39 is 6.10 Å². The van der Waals surface area contributed by atoms with Gasteiger partial charge in [-0.2, -0.15) is 0 Å². The first-order chi connectivity index (χ1) is 30.0. The molecule has 6 heteroatoms. The van der Waals surface area contributed by atoms with Crippen LogP contribution in [0.5, 0.6) is 0 Å². The summed E-state index contributed by atoms with van der Waals surface area (Å²) >= 11 is 0. The van der Waals surface area contributed by atoms with Gasteiger partial charge in [-0.05, 0) is 96.3 Å². The lowest BCUT2D eigenvalue weighted by Crippen LogP contribution is -2.30. The molecule has 0 aromatic rings. The number of carbonyl (C=O) groups excluding carboxylic acids is 3. The molecule has 0 aromatic carbocycles. The molecule has 0 saturated carbocycles. The van der Waals surface area contributed by atoms with Gasteiger partial charge >= 0.3 is 17.9 Å². The van der Waals surface area contributed by atoms with E-state index in [1.807, 2.05) is 0 Å². The molecule has 0 spiro atoms. The minimum Gasteiger partial charge on any atom is -0.462 e. The molecule has 0 saturated heterocycles. The molecule has 0 aliphatic carbocycles. The van der Waals surface area contributed by atoms with Crippen molar-refractivity contribution in [3.8, 4) is 0 Å². The normalized spacial score (nSPS) is 13.0. The summed E-state index contributed by atoms with van der Waals surface area (Å²) in [4.78, 5) is 37.8. The first-order valence-corrected chi connectivity index (χ1v) is 24.4. The number of carbonyl (C=O) groups is 3. The fourth-order valence-corrected chi connectivity index (χ4v) is 6.17. The van der Waals surface area contributed by atoms with Crippen molar-refractivity contribution < 1.29 is 28.6 Å². The van der Waals surface area contributed by atoms with Crippen molar-refractivity contribution in [1.82, 2.24) is 0 Å². The Morgan fingerprint density at radius 1 is 0.344 bits per heavy atom. The summed E-state index contributed by atoms with van der Waals surface area (Å²) in [6, 6.07) is 0. The summed E-state index contributed by atoms with van der Waals surface area (Å²) in [5.41, 5.74) is 0. The molecule has 0 N–H and O–H groups in total. The second-order valence-electron chi connectivity index (χ2n) is 15.6. The van der Waals surface area contributed by atoms with Gasteiger partial charge in [0, 0.05) is 19.3 Å². The van der Waals surface area contributed by atoms with Crippen LogP contribution in [0.15, 0.2) is 109 Å². The third kappa shape index (κ3) is 47.0. The van der Waals surface area contributed by atoms with Gasteiger partial charge in [-0.25, -0.2) is 0 Å². The molecule has 0 radical (unpaired) electrons. The molecular weight excluding hydrogens is 757 g/mol. The fourth-order valence-electron chi connectivity index (χ4n) is 6.17. The average molecular weight is 845 g/mol. The lowest BCUT2D eigenvalue weighted by atomic mass is 10.1. The molecule has 0 fully saturated rings. The van der Waals surface area contributed by atoms with Crippen LogP contribution in [-0.2, 0) is 28.6 Å². The molecule has 1 atom stereocenters. The molecule has 0 rings (SSSR count). The van der Waals surface area contributed by atoms with E-state index >= 15 is 0 Å². The predicted molar refractivity (Wildman–Crippen MR) is 260 cm³/mol. The number of unbranched alkanes of at least 4 members (excludes halogenated alkanes) is 13. The Hall–Kier alpha value is -3.93. The number of esters is 3. The number of hydrogen-bond donors (Lipinski definition) is 0. The van der Waals surface area contributed by atoms with Gasteiger partial charge in [-0.1, -0.05) is 194 Å². The predicted octanol–water partition coefficient (Wildman–Crippen LogP) is 16.0. The van der Waals surface area contributed by atoms with E-state index in [1.165, 1.54) is 51.4 Å². The molecule has 6 nitrogen and oxygen atoms in total. The maximum Gasteiger partial charge on any atom is 0.306 e. The molecule has 0 aromatic heterocycles. The third-order valence-electron chi connectivity index (χ3n) is 9.77. The van der Waals surface area contributed by atoms with Gasteiger partial charge in [0.05, 0.1) is 0 Å². The van der Waals surface area contributed by atoms with Crippen molar-refractivity contribution in [1.29, 1.82) is 0 Å². The molecule has 61 heavy (non-hydrogen) atoms. The highest BCUT2D eigenvalue weighted by molar-refractivity contribution is 5.71. The van der Waals surface area contributed by atoms with Crippen LogP contribution in [0.4, 0.5) is 0 Å². The molecule has 0 aliphatic rings. The summed E-state index contributed by atoms with van der Waals surface area (Å²) in [7, 11) is 0. The van der Waals surface area contributed by atoms with Gasteiger partial charge in [0.2, 0.25) is 0 Å². The van der Waals surface area contributed by atoms with Crippen LogP contribution in [0.25, 0.3) is 0 Å². The lowest BCUT2D eigenvalue weighted by Gasteiger charge is -2.18. The summed E-state index contributed by atoms with van der Waals surface area (Å²) in [5, 5.41) is 0. The van der Waals surface area contributed by atoms with Crippen molar-refractivity contribution in [3.05, 3.63) is 109 Å². The minimum atomic E-state index is -0.821. The maximum atomic E-state index is 12.7. The van der Waals surface area contributed by atoms with E-state index in [-0.39, 0.29) is 44.0 Å². The molecular formula is C55H88O6. The van der Waals surface area contributed by atoms with E-state index in [1.54, 1.807) is 0 Å². The Kier molecular flexibility index (Phi) is 45.6. The summed E-state index contributed by atoms with van der Waals surface area (Å²) in [6.07, 6.45) is 65.1. The van der Waals surface area contributed by atoms with Crippen LogP contribution in [0.2, 0.25) is 0 Å². The number of ether oxygens (including phenoxy) is 3.